The number of halogens is 1. The van der Waals surface area contributed by atoms with Crippen molar-refractivity contribution in [3.63, 3.8) is 0 Å². The molecule has 31 heavy (non-hydrogen) atoms. The molecule has 6 heteroatoms. The molecule has 0 aliphatic carbocycles. The van der Waals surface area contributed by atoms with E-state index in [-0.39, 0.29) is 11.5 Å². The summed E-state index contributed by atoms with van der Waals surface area (Å²) in [5.74, 6) is 2.34. The predicted molar refractivity (Wildman–Crippen MR) is 123 cm³/mol. The molecule has 0 bridgehead atoms. The van der Waals surface area contributed by atoms with E-state index in [0.717, 1.165) is 21.3 Å². The lowest BCUT2D eigenvalue weighted by atomic mass is 10.0. The number of hydrogen-bond donors (Lipinski definition) is 0. The lowest BCUT2D eigenvalue weighted by Crippen LogP contribution is -2.45. The fourth-order valence-electron chi connectivity index (χ4n) is 3.21. The molecule has 1 atom stereocenters. The number of benzene rings is 2. The number of amides is 1. The topological polar surface area (TPSA) is 55.8 Å². The van der Waals surface area contributed by atoms with Gasteiger partial charge in [0.25, 0.3) is 5.91 Å². The first-order chi connectivity index (χ1) is 14.8. The van der Waals surface area contributed by atoms with Crippen LogP contribution in [0.3, 0.4) is 0 Å². The van der Waals surface area contributed by atoms with E-state index in [0.29, 0.717) is 19.6 Å². The van der Waals surface area contributed by atoms with Gasteiger partial charge in [0, 0.05) is 17.2 Å². The Hall–Kier alpha value is -2.66. The van der Waals surface area contributed by atoms with Crippen molar-refractivity contribution in [2.45, 2.75) is 45.5 Å². The van der Waals surface area contributed by atoms with Gasteiger partial charge in [0.2, 0.25) is 0 Å². The molecule has 0 spiro atoms. The van der Waals surface area contributed by atoms with E-state index in [2.05, 4.69) is 15.9 Å². The molecule has 2 aromatic carbocycles. The lowest BCUT2D eigenvalue weighted by Gasteiger charge is -2.32. The average molecular weight is 484 g/mol. The van der Waals surface area contributed by atoms with Gasteiger partial charge in [0.1, 0.15) is 18.3 Å². The van der Waals surface area contributed by atoms with Gasteiger partial charge in [0.15, 0.2) is 6.10 Å². The van der Waals surface area contributed by atoms with Gasteiger partial charge in [-0.15, -0.1) is 0 Å². The molecule has 1 amide bonds. The van der Waals surface area contributed by atoms with Gasteiger partial charge in [-0.1, -0.05) is 46.3 Å². The number of hydrogen-bond acceptors (Lipinski definition) is 4. The summed E-state index contributed by atoms with van der Waals surface area (Å²) in [6.07, 6.45) is 2.85. The summed E-state index contributed by atoms with van der Waals surface area (Å²) >= 11 is 3.51. The second-order valence-electron chi connectivity index (χ2n) is 8.29. The van der Waals surface area contributed by atoms with Crippen LogP contribution in [0.2, 0.25) is 0 Å². The summed E-state index contributed by atoms with van der Waals surface area (Å²) in [6.45, 7) is 6.45. The summed E-state index contributed by atoms with van der Waals surface area (Å²) in [4.78, 5) is 25.8. The van der Waals surface area contributed by atoms with Crippen molar-refractivity contribution in [3.05, 3.63) is 82.0 Å². The van der Waals surface area contributed by atoms with Crippen LogP contribution < -0.4 is 4.74 Å². The monoisotopic (exact) mass is 483 g/mol. The Morgan fingerprint density at radius 3 is 2.55 bits per heavy atom. The van der Waals surface area contributed by atoms with Crippen LogP contribution in [-0.2, 0) is 27.4 Å². The molecule has 1 aliphatic heterocycles. The van der Waals surface area contributed by atoms with Crippen LogP contribution in [0.4, 0.5) is 0 Å². The zero-order chi connectivity index (χ0) is 22.4. The highest BCUT2D eigenvalue weighted by Crippen LogP contribution is 2.26. The first-order valence-corrected chi connectivity index (χ1v) is 10.9. The maximum atomic E-state index is 13.0. The van der Waals surface area contributed by atoms with Gasteiger partial charge >= 0.3 is 0 Å². The van der Waals surface area contributed by atoms with Crippen LogP contribution in [0.1, 0.15) is 31.9 Å². The standard InChI is InChI=1S/C25H26BrNO4/c1-25(2,3)31-23-20(16-28)12-14-27(24(23)29)13-11-19-15-21(26)9-10-22(19)30-17-18-7-5-4-6-8-18/h4-10,12,14-15,23H,11,13,17H2,1-3H3. The van der Waals surface area contributed by atoms with Crippen molar-refractivity contribution in [3.8, 4) is 5.75 Å². The zero-order valence-corrected chi connectivity index (χ0v) is 19.5. The maximum Gasteiger partial charge on any atom is 0.261 e. The SMILES string of the molecule is CC(C)(C)OC1C(=O)N(CCc2cc(Br)ccc2OCc2ccccc2)C=CC1=C=O. The molecule has 0 N–H and O–H groups in total. The molecule has 2 aromatic rings. The number of nitrogens with zero attached hydrogens (tertiary/aromatic N) is 1. The van der Waals surface area contributed by atoms with Gasteiger partial charge < -0.3 is 14.4 Å². The van der Waals surface area contributed by atoms with E-state index < -0.39 is 11.7 Å². The molecule has 0 saturated heterocycles. The zero-order valence-electron chi connectivity index (χ0n) is 17.9. The van der Waals surface area contributed by atoms with Crippen molar-refractivity contribution in [2.24, 2.45) is 0 Å². The molecule has 5 nitrogen and oxygen atoms in total. The highest BCUT2D eigenvalue weighted by molar-refractivity contribution is 9.10. The van der Waals surface area contributed by atoms with Crippen LogP contribution in [-0.4, -0.2) is 35.0 Å². The van der Waals surface area contributed by atoms with E-state index in [1.807, 2.05) is 75.2 Å². The highest BCUT2D eigenvalue weighted by Gasteiger charge is 2.34. The van der Waals surface area contributed by atoms with E-state index in [9.17, 15) is 9.59 Å². The molecule has 0 aromatic heterocycles. The molecule has 1 unspecified atom stereocenters. The Morgan fingerprint density at radius 2 is 1.87 bits per heavy atom. The van der Waals surface area contributed by atoms with Crippen LogP contribution in [0.5, 0.6) is 5.75 Å². The molecule has 0 radical (unpaired) electrons. The largest absolute Gasteiger partial charge is 0.489 e. The predicted octanol–water partition coefficient (Wildman–Crippen LogP) is 4.87. The third-order valence-corrected chi connectivity index (χ3v) is 5.19. The van der Waals surface area contributed by atoms with Gasteiger partial charge in [-0.3, -0.25) is 4.79 Å². The summed E-state index contributed by atoms with van der Waals surface area (Å²) in [7, 11) is 0. The summed E-state index contributed by atoms with van der Waals surface area (Å²) in [5.41, 5.74) is 1.71. The van der Waals surface area contributed by atoms with E-state index in [1.54, 1.807) is 17.2 Å². The molecule has 0 saturated carbocycles. The lowest BCUT2D eigenvalue weighted by molar-refractivity contribution is -0.147. The van der Waals surface area contributed by atoms with E-state index >= 15 is 0 Å². The highest BCUT2D eigenvalue weighted by atomic mass is 79.9. The van der Waals surface area contributed by atoms with Gasteiger partial charge in [-0.25, -0.2) is 4.79 Å². The number of carbonyl (C=O) groups excluding carboxylic acids is 2. The maximum absolute atomic E-state index is 13.0. The fourth-order valence-corrected chi connectivity index (χ4v) is 3.62. The number of ether oxygens (including phenoxy) is 2. The molecule has 162 valence electrons. The van der Waals surface area contributed by atoms with Crippen molar-refractivity contribution < 1.29 is 19.1 Å². The second kappa shape index (κ2) is 10.1. The average Bonchev–Trinajstić information content (AvgIpc) is 2.73. The summed E-state index contributed by atoms with van der Waals surface area (Å²) in [5, 5.41) is 0. The third-order valence-electron chi connectivity index (χ3n) is 4.69. The number of carbonyl (C=O) groups is 1. The third kappa shape index (κ3) is 6.41. The van der Waals surface area contributed by atoms with Crippen LogP contribution >= 0.6 is 15.9 Å². The Morgan fingerprint density at radius 1 is 1.13 bits per heavy atom. The first kappa shape index (κ1) is 23.0. The Labute approximate surface area is 191 Å². The quantitative estimate of drug-likeness (QED) is 0.527. The van der Waals surface area contributed by atoms with E-state index in [1.165, 1.54) is 0 Å². The molecule has 1 heterocycles. The minimum Gasteiger partial charge on any atom is -0.489 e. The van der Waals surface area contributed by atoms with Crippen LogP contribution in [0.15, 0.2) is 70.9 Å². The van der Waals surface area contributed by atoms with E-state index in [4.69, 9.17) is 9.47 Å². The van der Waals surface area contributed by atoms with Crippen LogP contribution in [0.25, 0.3) is 0 Å². The Kier molecular flexibility index (Phi) is 7.50. The van der Waals surface area contributed by atoms with Crippen molar-refractivity contribution >= 4 is 27.8 Å². The minimum atomic E-state index is -0.946. The van der Waals surface area contributed by atoms with Gasteiger partial charge in [-0.2, -0.15) is 0 Å². The van der Waals surface area contributed by atoms with Crippen LogP contribution in [0, 0.1) is 0 Å². The first-order valence-electron chi connectivity index (χ1n) is 10.1. The Bertz CT molecular complexity index is 1000. The van der Waals surface area contributed by atoms with Crippen molar-refractivity contribution in [1.82, 2.24) is 4.90 Å². The summed E-state index contributed by atoms with van der Waals surface area (Å²) < 4.78 is 12.8. The molecular weight excluding hydrogens is 458 g/mol. The smallest absolute Gasteiger partial charge is 0.261 e. The molecule has 0 fully saturated rings. The Balaban J connectivity index is 1.72. The minimum absolute atomic E-state index is 0.213. The van der Waals surface area contributed by atoms with Gasteiger partial charge in [0.05, 0.1) is 11.2 Å². The fraction of sp³-hybridized carbons (Fsp3) is 0.320. The molecular formula is C25H26BrNO4. The second-order valence-corrected chi connectivity index (χ2v) is 9.21. The van der Waals surface area contributed by atoms with Gasteiger partial charge in [-0.05, 0) is 62.6 Å². The molecule has 3 rings (SSSR count). The molecule has 1 aliphatic rings. The van der Waals surface area contributed by atoms with Crippen molar-refractivity contribution in [1.29, 1.82) is 0 Å². The summed E-state index contributed by atoms with van der Waals surface area (Å²) in [6, 6.07) is 15.8. The normalized spacial score (nSPS) is 16.4. The number of rotatable bonds is 7. The van der Waals surface area contributed by atoms with Crippen molar-refractivity contribution in [2.75, 3.05) is 6.54 Å².